The van der Waals surface area contributed by atoms with Crippen LogP contribution in [0, 0.1) is 12.3 Å². The summed E-state index contributed by atoms with van der Waals surface area (Å²) in [4.78, 5) is 0. The van der Waals surface area contributed by atoms with Crippen LogP contribution in [-0.2, 0) is 5.41 Å². The Bertz CT molecular complexity index is 377. The average Bonchev–Trinajstić information content (AvgIpc) is 2.92. The van der Waals surface area contributed by atoms with E-state index in [0.717, 1.165) is 37.5 Å². The summed E-state index contributed by atoms with van der Waals surface area (Å²) in [5, 5.41) is 12.7. The van der Waals surface area contributed by atoms with Gasteiger partial charge >= 0.3 is 0 Å². The molecule has 1 heterocycles. The Balaban J connectivity index is 1.85. The van der Waals surface area contributed by atoms with E-state index in [-0.39, 0.29) is 10.8 Å². The molecule has 0 unspecified atom stereocenters. The highest BCUT2D eigenvalue weighted by Gasteiger charge is 2.41. The SMILES string of the molecule is Cc1ccc(C(C)(C)CNCC2(CO)CC2)o1. The number of furan rings is 1. The highest BCUT2D eigenvalue weighted by atomic mass is 16.3. The first kappa shape index (κ1) is 12.7. The molecule has 17 heavy (non-hydrogen) atoms. The fourth-order valence-corrected chi connectivity index (χ4v) is 2.09. The maximum absolute atomic E-state index is 9.25. The Morgan fingerprint density at radius 2 is 2.12 bits per heavy atom. The van der Waals surface area contributed by atoms with Gasteiger partial charge in [0.25, 0.3) is 0 Å². The molecule has 0 saturated heterocycles. The molecule has 2 N–H and O–H groups in total. The molecule has 2 rings (SSSR count). The summed E-state index contributed by atoms with van der Waals surface area (Å²) in [6.07, 6.45) is 2.30. The number of hydrogen-bond acceptors (Lipinski definition) is 3. The maximum atomic E-state index is 9.25. The van der Waals surface area contributed by atoms with Gasteiger partial charge in [0.15, 0.2) is 0 Å². The first-order valence-corrected chi connectivity index (χ1v) is 6.36. The molecule has 96 valence electrons. The molecule has 1 aliphatic carbocycles. The summed E-state index contributed by atoms with van der Waals surface area (Å²) < 4.78 is 5.68. The normalized spacial score (nSPS) is 18.4. The van der Waals surface area contributed by atoms with E-state index in [0.29, 0.717) is 6.61 Å². The van der Waals surface area contributed by atoms with Gasteiger partial charge in [-0.1, -0.05) is 13.8 Å². The summed E-state index contributed by atoms with van der Waals surface area (Å²) in [6.45, 7) is 8.42. The topological polar surface area (TPSA) is 45.4 Å². The van der Waals surface area contributed by atoms with Crippen LogP contribution in [0.15, 0.2) is 16.5 Å². The molecule has 0 atom stereocenters. The van der Waals surface area contributed by atoms with Gasteiger partial charge in [-0.25, -0.2) is 0 Å². The van der Waals surface area contributed by atoms with Crippen LogP contribution in [0.25, 0.3) is 0 Å². The Labute approximate surface area is 103 Å². The van der Waals surface area contributed by atoms with Gasteiger partial charge in [-0.3, -0.25) is 0 Å². The van der Waals surface area contributed by atoms with Crippen molar-refractivity contribution in [3.05, 3.63) is 23.7 Å². The molecule has 1 aliphatic rings. The van der Waals surface area contributed by atoms with Gasteiger partial charge in [0.05, 0.1) is 0 Å². The van der Waals surface area contributed by atoms with Crippen molar-refractivity contribution in [3.8, 4) is 0 Å². The van der Waals surface area contributed by atoms with E-state index in [1.165, 1.54) is 0 Å². The van der Waals surface area contributed by atoms with E-state index in [9.17, 15) is 5.11 Å². The van der Waals surface area contributed by atoms with Gasteiger partial charge in [0.1, 0.15) is 11.5 Å². The van der Waals surface area contributed by atoms with Gasteiger partial charge in [-0.05, 0) is 31.9 Å². The second-order valence-electron chi connectivity index (χ2n) is 6.06. The molecule has 0 aromatic carbocycles. The van der Waals surface area contributed by atoms with Crippen LogP contribution in [-0.4, -0.2) is 24.8 Å². The van der Waals surface area contributed by atoms with Crippen molar-refractivity contribution >= 4 is 0 Å². The van der Waals surface area contributed by atoms with Crippen LogP contribution < -0.4 is 5.32 Å². The predicted molar refractivity (Wildman–Crippen MR) is 68.1 cm³/mol. The van der Waals surface area contributed by atoms with E-state index < -0.39 is 0 Å². The number of rotatable bonds is 6. The number of aliphatic hydroxyl groups excluding tert-OH is 1. The highest BCUT2D eigenvalue weighted by Crippen LogP contribution is 2.44. The third-order valence-corrected chi connectivity index (χ3v) is 3.77. The lowest BCUT2D eigenvalue weighted by atomic mass is 9.90. The van der Waals surface area contributed by atoms with E-state index >= 15 is 0 Å². The molecule has 1 aromatic rings. The van der Waals surface area contributed by atoms with Crippen LogP contribution >= 0.6 is 0 Å². The lowest BCUT2D eigenvalue weighted by molar-refractivity contribution is 0.204. The Morgan fingerprint density at radius 3 is 2.59 bits per heavy atom. The largest absolute Gasteiger partial charge is 0.466 e. The quantitative estimate of drug-likeness (QED) is 0.797. The molecule has 1 aromatic heterocycles. The Morgan fingerprint density at radius 1 is 1.41 bits per heavy atom. The number of aliphatic hydroxyl groups is 1. The standard InChI is InChI=1S/C14H23NO2/c1-11-4-5-12(17-11)13(2,3)8-15-9-14(10-16)6-7-14/h4-5,15-16H,6-10H2,1-3H3. The summed E-state index contributed by atoms with van der Waals surface area (Å²) in [6, 6.07) is 4.06. The highest BCUT2D eigenvalue weighted by molar-refractivity contribution is 5.15. The molecule has 3 heteroatoms. The van der Waals surface area contributed by atoms with E-state index in [2.05, 4.69) is 25.2 Å². The van der Waals surface area contributed by atoms with Crippen molar-refractivity contribution in [2.24, 2.45) is 5.41 Å². The average molecular weight is 237 g/mol. The van der Waals surface area contributed by atoms with Crippen molar-refractivity contribution in [1.82, 2.24) is 5.32 Å². The minimum Gasteiger partial charge on any atom is -0.466 e. The lowest BCUT2D eigenvalue weighted by Gasteiger charge is -2.24. The fourth-order valence-electron chi connectivity index (χ4n) is 2.09. The molecule has 0 aliphatic heterocycles. The minimum atomic E-state index is -0.000203. The van der Waals surface area contributed by atoms with Crippen LogP contribution in [0.4, 0.5) is 0 Å². The fraction of sp³-hybridized carbons (Fsp3) is 0.714. The zero-order valence-corrected chi connectivity index (χ0v) is 11.0. The van der Waals surface area contributed by atoms with Crippen LogP contribution in [0.3, 0.4) is 0 Å². The van der Waals surface area contributed by atoms with Crippen molar-refractivity contribution in [1.29, 1.82) is 0 Å². The number of nitrogens with one attached hydrogen (secondary N) is 1. The smallest absolute Gasteiger partial charge is 0.111 e. The monoisotopic (exact) mass is 237 g/mol. The second-order valence-corrected chi connectivity index (χ2v) is 6.06. The van der Waals surface area contributed by atoms with Crippen LogP contribution in [0.1, 0.15) is 38.2 Å². The van der Waals surface area contributed by atoms with Gasteiger partial charge < -0.3 is 14.8 Å². The lowest BCUT2D eigenvalue weighted by Crippen LogP contribution is -2.36. The zero-order chi connectivity index (χ0) is 12.5. The van der Waals surface area contributed by atoms with E-state index in [1.54, 1.807) is 0 Å². The molecule has 3 nitrogen and oxygen atoms in total. The first-order chi connectivity index (χ1) is 7.97. The molecular formula is C14H23NO2. The second kappa shape index (κ2) is 4.46. The predicted octanol–water partition coefficient (Wildman–Crippen LogP) is 2.23. The first-order valence-electron chi connectivity index (χ1n) is 6.36. The zero-order valence-electron chi connectivity index (χ0n) is 11.0. The van der Waals surface area contributed by atoms with E-state index in [4.69, 9.17) is 4.42 Å². The molecule has 0 spiro atoms. The molecular weight excluding hydrogens is 214 g/mol. The molecule has 0 amide bonds. The minimum absolute atomic E-state index is 0.000203. The summed E-state index contributed by atoms with van der Waals surface area (Å²) in [5.74, 6) is 1.98. The maximum Gasteiger partial charge on any atom is 0.111 e. The van der Waals surface area contributed by atoms with Gasteiger partial charge in [0.2, 0.25) is 0 Å². The molecule has 0 bridgehead atoms. The molecule has 0 radical (unpaired) electrons. The number of aryl methyl sites for hydroxylation is 1. The molecule has 1 saturated carbocycles. The van der Waals surface area contributed by atoms with Crippen molar-refractivity contribution < 1.29 is 9.52 Å². The van der Waals surface area contributed by atoms with Gasteiger partial charge in [-0.15, -0.1) is 0 Å². The summed E-state index contributed by atoms with van der Waals surface area (Å²) in [5.41, 5.74) is 0.176. The number of hydrogen-bond donors (Lipinski definition) is 2. The Kier molecular flexibility index (Phi) is 3.32. The third kappa shape index (κ3) is 2.90. The Hall–Kier alpha value is -0.800. The van der Waals surface area contributed by atoms with Crippen molar-refractivity contribution in [2.45, 2.75) is 39.0 Å². The molecule has 1 fully saturated rings. The van der Waals surface area contributed by atoms with Crippen molar-refractivity contribution in [2.75, 3.05) is 19.7 Å². The van der Waals surface area contributed by atoms with E-state index in [1.807, 2.05) is 13.0 Å². The third-order valence-electron chi connectivity index (χ3n) is 3.77. The van der Waals surface area contributed by atoms with Gasteiger partial charge in [0, 0.05) is 30.5 Å². The summed E-state index contributed by atoms with van der Waals surface area (Å²) in [7, 11) is 0. The van der Waals surface area contributed by atoms with Gasteiger partial charge in [-0.2, -0.15) is 0 Å². The van der Waals surface area contributed by atoms with Crippen LogP contribution in [0.2, 0.25) is 0 Å². The van der Waals surface area contributed by atoms with Crippen molar-refractivity contribution in [3.63, 3.8) is 0 Å². The summed E-state index contributed by atoms with van der Waals surface area (Å²) >= 11 is 0. The van der Waals surface area contributed by atoms with Crippen LogP contribution in [0.5, 0.6) is 0 Å².